The Morgan fingerprint density at radius 1 is 0.952 bits per heavy atom. The van der Waals surface area contributed by atoms with Gasteiger partial charge in [-0.05, 0) is 23.3 Å². The monoisotopic (exact) mass is 291 g/mol. The summed E-state index contributed by atoms with van der Waals surface area (Å²) in [5, 5.41) is 3.21. The van der Waals surface area contributed by atoms with E-state index in [1.54, 1.807) is 12.1 Å². The molecule has 0 unspecified atom stereocenters. The fourth-order valence-corrected chi connectivity index (χ4v) is 1.91. The third-order valence-electron chi connectivity index (χ3n) is 2.96. The molecule has 0 fully saturated rings. The Balaban J connectivity index is 1.84. The van der Waals surface area contributed by atoms with Gasteiger partial charge in [-0.2, -0.15) is 13.2 Å². The molecule has 0 spiro atoms. The van der Waals surface area contributed by atoms with Gasteiger partial charge in [0.2, 0.25) is 0 Å². The van der Waals surface area contributed by atoms with Gasteiger partial charge < -0.3 is 5.32 Å². The Morgan fingerprint density at radius 3 is 2.43 bits per heavy atom. The molecule has 110 valence electrons. The van der Waals surface area contributed by atoms with Crippen LogP contribution in [0, 0.1) is 0 Å². The average Bonchev–Trinajstić information content (AvgIpc) is 2.47. The minimum absolute atomic E-state index is 0.548. The summed E-state index contributed by atoms with van der Waals surface area (Å²) in [6.45, 7) is 1.33. The fourth-order valence-electron chi connectivity index (χ4n) is 1.91. The third kappa shape index (κ3) is 5.08. The van der Waals surface area contributed by atoms with Gasteiger partial charge in [-0.1, -0.05) is 54.6 Å². The van der Waals surface area contributed by atoms with Crippen molar-refractivity contribution in [3.63, 3.8) is 0 Å². The lowest BCUT2D eigenvalue weighted by atomic mass is 10.1. The van der Waals surface area contributed by atoms with E-state index in [1.165, 1.54) is 11.6 Å². The van der Waals surface area contributed by atoms with Crippen molar-refractivity contribution in [1.82, 2.24) is 5.32 Å². The quantitative estimate of drug-likeness (QED) is 0.799. The standard InChI is InChI=1S/C17H16F3N/c18-17(19,20)16-10-4-8-14(12-16)9-5-11-21-13-15-6-2-1-3-7-15/h1-10,12,21H,11,13H2/b9-5+. The molecular weight excluding hydrogens is 275 g/mol. The summed E-state index contributed by atoms with van der Waals surface area (Å²) < 4.78 is 37.7. The first-order chi connectivity index (χ1) is 10.1. The van der Waals surface area contributed by atoms with E-state index in [1.807, 2.05) is 36.4 Å². The molecule has 0 heterocycles. The minimum Gasteiger partial charge on any atom is -0.309 e. The molecule has 1 N–H and O–H groups in total. The molecule has 0 aliphatic heterocycles. The van der Waals surface area contributed by atoms with Crippen molar-refractivity contribution in [3.05, 3.63) is 77.4 Å². The zero-order valence-electron chi connectivity index (χ0n) is 11.4. The van der Waals surface area contributed by atoms with Crippen LogP contribution in [0.1, 0.15) is 16.7 Å². The lowest BCUT2D eigenvalue weighted by Gasteiger charge is -2.06. The van der Waals surface area contributed by atoms with Gasteiger partial charge >= 0.3 is 6.18 Å². The van der Waals surface area contributed by atoms with E-state index in [9.17, 15) is 13.2 Å². The normalized spacial score (nSPS) is 12.0. The lowest BCUT2D eigenvalue weighted by molar-refractivity contribution is -0.137. The molecular formula is C17H16F3N. The van der Waals surface area contributed by atoms with E-state index >= 15 is 0 Å². The molecule has 21 heavy (non-hydrogen) atoms. The van der Waals surface area contributed by atoms with Crippen molar-refractivity contribution in [2.45, 2.75) is 12.7 Å². The first kappa shape index (κ1) is 15.3. The second-order valence-corrected chi connectivity index (χ2v) is 4.64. The van der Waals surface area contributed by atoms with E-state index in [4.69, 9.17) is 0 Å². The molecule has 0 amide bonds. The molecule has 2 aromatic rings. The van der Waals surface area contributed by atoms with Gasteiger partial charge in [0.25, 0.3) is 0 Å². The van der Waals surface area contributed by atoms with Gasteiger partial charge in [0.15, 0.2) is 0 Å². The first-order valence-corrected chi connectivity index (χ1v) is 6.64. The van der Waals surface area contributed by atoms with Crippen molar-refractivity contribution in [2.24, 2.45) is 0 Å². The summed E-state index contributed by atoms with van der Waals surface area (Å²) in [4.78, 5) is 0. The Labute approximate surface area is 122 Å². The number of alkyl halides is 3. The lowest BCUT2D eigenvalue weighted by Crippen LogP contribution is -2.12. The molecule has 0 saturated carbocycles. The zero-order valence-corrected chi connectivity index (χ0v) is 11.4. The van der Waals surface area contributed by atoms with Gasteiger partial charge in [-0.3, -0.25) is 0 Å². The summed E-state index contributed by atoms with van der Waals surface area (Å²) in [5.74, 6) is 0. The van der Waals surface area contributed by atoms with E-state index in [0.29, 0.717) is 12.1 Å². The smallest absolute Gasteiger partial charge is 0.309 e. The van der Waals surface area contributed by atoms with Crippen molar-refractivity contribution in [3.8, 4) is 0 Å². The molecule has 0 aromatic heterocycles. The maximum Gasteiger partial charge on any atom is 0.416 e. The summed E-state index contributed by atoms with van der Waals surface area (Å²) in [5.41, 5.74) is 1.10. The predicted octanol–water partition coefficient (Wildman–Crippen LogP) is 4.51. The van der Waals surface area contributed by atoms with Crippen LogP contribution in [-0.2, 0) is 12.7 Å². The number of hydrogen-bond donors (Lipinski definition) is 1. The van der Waals surface area contributed by atoms with E-state index < -0.39 is 11.7 Å². The fraction of sp³-hybridized carbons (Fsp3) is 0.176. The highest BCUT2D eigenvalue weighted by Gasteiger charge is 2.30. The second-order valence-electron chi connectivity index (χ2n) is 4.64. The molecule has 0 bridgehead atoms. The molecule has 0 aliphatic carbocycles. The van der Waals surface area contributed by atoms with Crippen LogP contribution in [-0.4, -0.2) is 6.54 Å². The number of halogens is 3. The SMILES string of the molecule is FC(F)(F)c1cccc(/C=C/CNCc2ccccc2)c1. The van der Waals surface area contributed by atoms with E-state index in [0.717, 1.165) is 18.7 Å². The van der Waals surface area contributed by atoms with Crippen LogP contribution < -0.4 is 5.32 Å². The Morgan fingerprint density at radius 2 is 1.71 bits per heavy atom. The maximum absolute atomic E-state index is 12.6. The van der Waals surface area contributed by atoms with Gasteiger partial charge in [0.1, 0.15) is 0 Å². The van der Waals surface area contributed by atoms with Gasteiger partial charge in [-0.15, -0.1) is 0 Å². The van der Waals surface area contributed by atoms with Crippen molar-refractivity contribution < 1.29 is 13.2 Å². The van der Waals surface area contributed by atoms with Crippen LogP contribution in [0.25, 0.3) is 6.08 Å². The van der Waals surface area contributed by atoms with E-state index in [-0.39, 0.29) is 0 Å². The number of rotatable bonds is 5. The molecule has 4 heteroatoms. The highest BCUT2D eigenvalue weighted by atomic mass is 19.4. The highest BCUT2D eigenvalue weighted by molar-refractivity contribution is 5.50. The Kier molecular flexibility index (Phi) is 5.17. The largest absolute Gasteiger partial charge is 0.416 e. The molecule has 0 atom stereocenters. The summed E-state index contributed by atoms with van der Waals surface area (Å²) in [6, 6.07) is 15.2. The topological polar surface area (TPSA) is 12.0 Å². The summed E-state index contributed by atoms with van der Waals surface area (Å²) >= 11 is 0. The van der Waals surface area contributed by atoms with Gasteiger partial charge in [0, 0.05) is 13.1 Å². The molecule has 0 aliphatic rings. The van der Waals surface area contributed by atoms with Crippen LogP contribution in [0.5, 0.6) is 0 Å². The van der Waals surface area contributed by atoms with Crippen molar-refractivity contribution in [1.29, 1.82) is 0 Å². The highest BCUT2D eigenvalue weighted by Crippen LogP contribution is 2.29. The minimum atomic E-state index is -4.30. The van der Waals surface area contributed by atoms with Crippen LogP contribution >= 0.6 is 0 Å². The second kappa shape index (κ2) is 7.09. The van der Waals surface area contributed by atoms with Crippen LogP contribution in [0.4, 0.5) is 13.2 Å². The maximum atomic E-state index is 12.6. The van der Waals surface area contributed by atoms with Crippen molar-refractivity contribution >= 4 is 6.08 Å². The van der Waals surface area contributed by atoms with Gasteiger partial charge in [-0.25, -0.2) is 0 Å². The Hall–Kier alpha value is -2.07. The third-order valence-corrected chi connectivity index (χ3v) is 2.96. The molecule has 2 aromatic carbocycles. The van der Waals surface area contributed by atoms with Crippen LogP contribution in [0.15, 0.2) is 60.7 Å². The molecule has 2 rings (SSSR count). The number of benzene rings is 2. The van der Waals surface area contributed by atoms with E-state index in [2.05, 4.69) is 5.32 Å². The van der Waals surface area contributed by atoms with Crippen LogP contribution in [0.3, 0.4) is 0 Å². The zero-order chi connectivity index (χ0) is 15.1. The molecule has 1 nitrogen and oxygen atoms in total. The van der Waals surface area contributed by atoms with Crippen LogP contribution in [0.2, 0.25) is 0 Å². The first-order valence-electron chi connectivity index (χ1n) is 6.64. The van der Waals surface area contributed by atoms with Gasteiger partial charge in [0.05, 0.1) is 5.56 Å². The Bertz CT molecular complexity index is 588. The number of hydrogen-bond acceptors (Lipinski definition) is 1. The molecule has 0 radical (unpaired) electrons. The average molecular weight is 291 g/mol. The number of nitrogens with one attached hydrogen (secondary N) is 1. The summed E-state index contributed by atoms with van der Waals surface area (Å²) in [7, 11) is 0. The predicted molar refractivity (Wildman–Crippen MR) is 78.6 cm³/mol. The van der Waals surface area contributed by atoms with Crippen molar-refractivity contribution in [2.75, 3.05) is 6.54 Å². The summed E-state index contributed by atoms with van der Waals surface area (Å²) in [6.07, 6.45) is -0.791. The molecule has 0 saturated heterocycles.